The number of anilines is 1. The zero-order valence-corrected chi connectivity index (χ0v) is 17.5. The highest BCUT2D eigenvalue weighted by molar-refractivity contribution is 7.22. The molecule has 1 aromatic carbocycles. The van der Waals surface area contributed by atoms with Crippen LogP contribution < -0.4 is 4.90 Å². The molecule has 138 valence electrons. The lowest BCUT2D eigenvalue weighted by Crippen LogP contribution is -2.37. The molecule has 0 unspecified atom stereocenters. The number of nitrogens with zero attached hydrogens (tertiary/aromatic N) is 3. The molecular formula is C19H22ClN3OS2. The van der Waals surface area contributed by atoms with Crippen LogP contribution >= 0.6 is 34.3 Å². The van der Waals surface area contributed by atoms with Crippen LogP contribution in [0.5, 0.6) is 0 Å². The van der Waals surface area contributed by atoms with Gasteiger partial charge in [-0.25, -0.2) is 4.98 Å². The highest BCUT2D eigenvalue weighted by Gasteiger charge is 2.21. The maximum Gasteiger partial charge on any atom is 0.234 e. The summed E-state index contributed by atoms with van der Waals surface area (Å²) in [5, 5.41) is 0.766. The molecule has 3 aromatic rings. The first-order valence-electron chi connectivity index (χ1n) is 8.55. The Hall–Kier alpha value is -1.47. The molecule has 0 aliphatic carbocycles. The van der Waals surface area contributed by atoms with E-state index in [-0.39, 0.29) is 5.91 Å². The summed E-state index contributed by atoms with van der Waals surface area (Å²) >= 11 is 9.04. The Balaban J connectivity index is 1.88. The predicted molar refractivity (Wildman–Crippen MR) is 113 cm³/mol. The molecule has 0 radical (unpaired) electrons. The van der Waals surface area contributed by atoms with Crippen molar-refractivity contribution in [2.45, 2.75) is 19.8 Å². The number of halogens is 1. The predicted octanol–water partition coefficient (Wildman–Crippen LogP) is 4.71. The van der Waals surface area contributed by atoms with Crippen molar-refractivity contribution in [2.24, 2.45) is 0 Å². The standard InChI is InChI=1S/C19H22ClN3OS2/c1-4-13-5-7-15-16(11-13)26-19(21-15)23(10-9-22(2)3)18(24)12-14-6-8-17(20)25-14/h5-8,11H,4,9-10,12H2,1-3H3. The summed E-state index contributed by atoms with van der Waals surface area (Å²) in [7, 11) is 4.02. The van der Waals surface area contributed by atoms with Crippen LogP contribution in [0.1, 0.15) is 17.4 Å². The molecule has 0 aliphatic rings. The number of carbonyl (C=O) groups excluding carboxylic acids is 1. The molecule has 3 rings (SSSR count). The van der Waals surface area contributed by atoms with Crippen molar-refractivity contribution < 1.29 is 4.79 Å². The second-order valence-electron chi connectivity index (χ2n) is 6.38. The van der Waals surface area contributed by atoms with Gasteiger partial charge >= 0.3 is 0 Å². The molecule has 2 heterocycles. The molecule has 26 heavy (non-hydrogen) atoms. The van der Waals surface area contributed by atoms with Crippen molar-refractivity contribution in [3.63, 3.8) is 0 Å². The van der Waals surface area contributed by atoms with E-state index in [0.717, 1.165) is 33.2 Å². The van der Waals surface area contributed by atoms with E-state index in [2.05, 4.69) is 24.0 Å². The van der Waals surface area contributed by atoms with Crippen LogP contribution in [0.15, 0.2) is 30.3 Å². The van der Waals surface area contributed by atoms with Crippen molar-refractivity contribution in [3.05, 3.63) is 45.1 Å². The molecule has 0 fully saturated rings. The van der Waals surface area contributed by atoms with Crippen LogP contribution in [0.25, 0.3) is 10.2 Å². The SMILES string of the molecule is CCc1ccc2nc(N(CCN(C)C)C(=O)Cc3ccc(Cl)s3)sc2c1. The Labute approximate surface area is 167 Å². The number of carbonyl (C=O) groups is 1. The zero-order chi connectivity index (χ0) is 18.7. The molecule has 0 bridgehead atoms. The monoisotopic (exact) mass is 407 g/mol. The number of hydrogen-bond donors (Lipinski definition) is 0. The number of thiazole rings is 1. The van der Waals surface area contributed by atoms with Gasteiger partial charge in [0.2, 0.25) is 5.91 Å². The van der Waals surface area contributed by atoms with E-state index in [1.165, 1.54) is 16.9 Å². The molecule has 4 nitrogen and oxygen atoms in total. The number of benzene rings is 1. The Morgan fingerprint density at radius 2 is 1.96 bits per heavy atom. The summed E-state index contributed by atoms with van der Waals surface area (Å²) in [4.78, 5) is 22.5. The van der Waals surface area contributed by atoms with Crippen molar-refractivity contribution >= 4 is 55.5 Å². The Morgan fingerprint density at radius 1 is 1.15 bits per heavy atom. The van der Waals surface area contributed by atoms with E-state index in [1.54, 1.807) is 11.3 Å². The van der Waals surface area contributed by atoms with E-state index in [0.29, 0.717) is 17.3 Å². The third-order valence-electron chi connectivity index (χ3n) is 4.11. The topological polar surface area (TPSA) is 36.4 Å². The van der Waals surface area contributed by atoms with Gasteiger partial charge in [-0.2, -0.15) is 0 Å². The maximum atomic E-state index is 13.0. The molecule has 1 amide bonds. The van der Waals surface area contributed by atoms with Crippen LogP contribution in [0.4, 0.5) is 5.13 Å². The quantitative estimate of drug-likeness (QED) is 0.569. The van der Waals surface area contributed by atoms with Crippen LogP contribution in [-0.2, 0) is 17.6 Å². The number of likely N-dealkylation sites (N-methyl/N-ethyl adjacent to an activating group) is 1. The molecule has 0 spiro atoms. The van der Waals surface area contributed by atoms with E-state index < -0.39 is 0 Å². The molecule has 7 heteroatoms. The van der Waals surface area contributed by atoms with Gasteiger partial charge in [-0.15, -0.1) is 11.3 Å². The lowest BCUT2D eigenvalue weighted by atomic mass is 10.2. The number of thiophene rings is 1. The highest BCUT2D eigenvalue weighted by Crippen LogP contribution is 2.31. The highest BCUT2D eigenvalue weighted by atomic mass is 35.5. The average Bonchev–Trinajstić information content (AvgIpc) is 3.19. The number of aryl methyl sites for hydroxylation is 1. The van der Waals surface area contributed by atoms with Gasteiger partial charge in [0.05, 0.1) is 21.0 Å². The number of aromatic nitrogens is 1. The lowest BCUT2D eigenvalue weighted by molar-refractivity contribution is -0.118. The maximum absolute atomic E-state index is 13.0. The van der Waals surface area contributed by atoms with E-state index >= 15 is 0 Å². The fourth-order valence-electron chi connectivity index (χ4n) is 2.61. The number of hydrogen-bond acceptors (Lipinski definition) is 5. The van der Waals surface area contributed by atoms with E-state index in [9.17, 15) is 4.79 Å². The summed E-state index contributed by atoms with van der Waals surface area (Å²) in [5.41, 5.74) is 2.23. The summed E-state index contributed by atoms with van der Waals surface area (Å²) in [6.07, 6.45) is 1.34. The Morgan fingerprint density at radius 3 is 2.62 bits per heavy atom. The molecule has 0 N–H and O–H groups in total. The fraction of sp³-hybridized carbons (Fsp3) is 0.368. The third-order valence-corrected chi connectivity index (χ3v) is 6.38. The minimum Gasteiger partial charge on any atom is -0.308 e. The first-order valence-corrected chi connectivity index (χ1v) is 10.6. The normalized spacial score (nSPS) is 11.4. The largest absolute Gasteiger partial charge is 0.308 e. The average molecular weight is 408 g/mol. The van der Waals surface area contributed by atoms with Crippen LogP contribution in [0.3, 0.4) is 0 Å². The second-order valence-corrected chi connectivity index (χ2v) is 9.19. The van der Waals surface area contributed by atoms with Crippen LogP contribution in [0, 0.1) is 0 Å². The van der Waals surface area contributed by atoms with E-state index in [1.807, 2.05) is 37.2 Å². The van der Waals surface area contributed by atoms with Gasteiger partial charge in [0.1, 0.15) is 0 Å². The molecule has 0 saturated heterocycles. The number of amides is 1. The van der Waals surface area contributed by atoms with Gasteiger partial charge in [-0.05, 0) is 50.3 Å². The van der Waals surface area contributed by atoms with Gasteiger partial charge in [0, 0.05) is 18.0 Å². The minimum absolute atomic E-state index is 0.0557. The van der Waals surface area contributed by atoms with E-state index in [4.69, 9.17) is 16.6 Å². The van der Waals surface area contributed by atoms with Crippen molar-refractivity contribution in [1.82, 2.24) is 9.88 Å². The van der Waals surface area contributed by atoms with Crippen molar-refractivity contribution in [2.75, 3.05) is 32.1 Å². The summed E-state index contributed by atoms with van der Waals surface area (Å²) in [6, 6.07) is 10.1. The van der Waals surface area contributed by atoms with Gasteiger partial charge in [-0.1, -0.05) is 35.9 Å². The molecule has 0 saturated carbocycles. The Bertz CT molecular complexity index is 903. The first kappa shape index (κ1) is 19.3. The van der Waals surface area contributed by atoms with Crippen LogP contribution in [-0.4, -0.2) is 43.0 Å². The summed E-state index contributed by atoms with van der Waals surface area (Å²) in [5.74, 6) is 0.0557. The lowest BCUT2D eigenvalue weighted by Gasteiger charge is -2.21. The van der Waals surface area contributed by atoms with Crippen molar-refractivity contribution in [1.29, 1.82) is 0 Å². The third kappa shape index (κ3) is 4.62. The second kappa shape index (κ2) is 8.48. The molecule has 0 atom stereocenters. The summed E-state index contributed by atoms with van der Waals surface area (Å²) in [6.45, 7) is 3.54. The van der Waals surface area contributed by atoms with Gasteiger partial charge in [0.25, 0.3) is 0 Å². The zero-order valence-electron chi connectivity index (χ0n) is 15.2. The van der Waals surface area contributed by atoms with Gasteiger partial charge < -0.3 is 4.90 Å². The number of rotatable bonds is 7. The summed E-state index contributed by atoms with van der Waals surface area (Å²) < 4.78 is 1.83. The fourth-order valence-corrected chi connectivity index (χ4v) is 4.76. The number of fused-ring (bicyclic) bond motifs is 1. The molecule has 0 aliphatic heterocycles. The van der Waals surface area contributed by atoms with Gasteiger partial charge in [-0.3, -0.25) is 9.69 Å². The van der Waals surface area contributed by atoms with Crippen molar-refractivity contribution in [3.8, 4) is 0 Å². The van der Waals surface area contributed by atoms with Crippen LogP contribution in [0.2, 0.25) is 4.34 Å². The Kier molecular flexibility index (Phi) is 6.29. The smallest absolute Gasteiger partial charge is 0.234 e. The minimum atomic E-state index is 0.0557. The molecule has 2 aromatic heterocycles. The molecular weight excluding hydrogens is 386 g/mol. The van der Waals surface area contributed by atoms with Gasteiger partial charge in [0.15, 0.2) is 5.13 Å². The first-order chi connectivity index (χ1) is 12.5.